The number of benzene rings is 1. The molecule has 1 aromatic rings. The number of carbonyl (C=O) groups excluding carboxylic acids is 2. The smallest absolute Gasteiger partial charge is 0.395 e. The molecule has 0 saturated heterocycles. The largest absolute Gasteiger partial charge is 0.423 e. The van der Waals surface area contributed by atoms with E-state index in [2.05, 4.69) is 5.32 Å². The maximum atomic E-state index is 12.9. The van der Waals surface area contributed by atoms with Crippen LogP contribution in [-0.2, 0) is 15.8 Å². The third-order valence-corrected chi connectivity index (χ3v) is 3.11. The van der Waals surface area contributed by atoms with Gasteiger partial charge in [-0.25, -0.2) is 0 Å². The number of amides is 2. The van der Waals surface area contributed by atoms with Gasteiger partial charge >= 0.3 is 6.18 Å². The van der Waals surface area contributed by atoms with Gasteiger partial charge in [0.25, 0.3) is 17.5 Å². The molecule has 1 aromatic carbocycles. The molecule has 0 aliphatic carbocycles. The van der Waals surface area contributed by atoms with Crippen LogP contribution in [0.4, 0.5) is 24.5 Å². The van der Waals surface area contributed by atoms with Crippen molar-refractivity contribution in [3.8, 4) is 0 Å². The van der Waals surface area contributed by atoms with E-state index in [9.17, 15) is 32.9 Å². The van der Waals surface area contributed by atoms with Gasteiger partial charge in [0.1, 0.15) is 11.3 Å². The Balaban J connectivity index is 2.32. The summed E-state index contributed by atoms with van der Waals surface area (Å²) in [5, 5.41) is 21.8. The van der Waals surface area contributed by atoms with E-state index >= 15 is 0 Å². The summed E-state index contributed by atoms with van der Waals surface area (Å²) in [6.45, 7) is -0.720. The van der Waals surface area contributed by atoms with Gasteiger partial charge in [-0.05, 0) is 12.1 Å². The van der Waals surface area contributed by atoms with E-state index in [4.69, 9.17) is 5.11 Å². The molecule has 1 aliphatic heterocycles. The van der Waals surface area contributed by atoms with E-state index in [1.165, 1.54) is 0 Å². The number of hydrogen-bond acceptors (Lipinski definition) is 6. The number of nitro benzene ring substituents is 1. The number of β-amino-alcohol motifs (C(OH)–C–C–N with tert-alkyl or cyclic N) is 1. The van der Waals surface area contributed by atoms with Crippen molar-refractivity contribution in [3.63, 3.8) is 0 Å². The zero-order valence-corrected chi connectivity index (χ0v) is 11.8. The summed E-state index contributed by atoms with van der Waals surface area (Å²) in [6, 6.07) is 2.12. The van der Waals surface area contributed by atoms with Gasteiger partial charge in [0, 0.05) is 17.8 Å². The average Bonchev–Trinajstić information content (AvgIpc) is 2.74. The standard InChI is InChI=1S/C13H10F3N3O5/c14-13(15,16)8-5-7(1-2-10(8)19(23)24)17-9-6-11(21)18(3-4-20)12(9)22/h1-2,5-6,17,20H,3-4H2. The average molecular weight is 345 g/mol. The molecule has 0 radical (unpaired) electrons. The molecule has 1 heterocycles. The van der Waals surface area contributed by atoms with Crippen molar-refractivity contribution in [3.05, 3.63) is 45.6 Å². The number of halogens is 3. The number of nitrogens with one attached hydrogen (secondary N) is 1. The van der Waals surface area contributed by atoms with Gasteiger partial charge in [-0.2, -0.15) is 13.2 Å². The van der Waals surface area contributed by atoms with Crippen molar-refractivity contribution in [1.29, 1.82) is 0 Å². The van der Waals surface area contributed by atoms with E-state index in [-0.39, 0.29) is 17.9 Å². The number of aliphatic hydroxyl groups excluding tert-OH is 1. The molecule has 0 spiro atoms. The minimum Gasteiger partial charge on any atom is -0.395 e. The van der Waals surface area contributed by atoms with Crippen molar-refractivity contribution in [1.82, 2.24) is 4.90 Å². The SMILES string of the molecule is O=C1C=C(Nc2ccc([N+](=O)[O-])c(C(F)(F)F)c2)C(=O)N1CCO. The Morgan fingerprint density at radius 1 is 1.29 bits per heavy atom. The van der Waals surface area contributed by atoms with Crippen LogP contribution in [0.25, 0.3) is 0 Å². The first-order valence-corrected chi connectivity index (χ1v) is 6.46. The van der Waals surface area contributed by atoms with Crippen molar-refractivity contribution in [2.45, 2.75) is 6.18 Å². The number of anilines is 1. The monoisotopic (exact) mass is 345 g/mol. The van der Waals surface area contributed by atoms with Crippen molar-refractivity contribution in [2.75, 3.05) is 18.5 Å². The highest BCUT2D eigenvalue weighted by molar-refractivity contribution is 6.17. The molecular weight excluding hydrogens is 335 g/mol. The van der Waals surface area contributed by atoms with Crippen molar-refractivity contribution < 1.29 is 32.8 Å². The second-order valence-electron chi connectivity index (χ2n) is 4.69. The fourth-order valence-electron chi connectivity index (χ4n) is 2.07. The first kappa shape index (κ1) is 17.4. The lowest BCUT2D eigenvalue weighted by molar-refractivity contribution is -0.388. The van der Waals surface area contributed by atoms with Crippen molar-refractivity contribution in [2.24, 2.45) is 0 Å². The zero-order chi connectivity index (χ0) is 18.1. The van der Waals surface area contributed by atoms with Crippen LogP contribution < -0.4 is 5.32 Å². The van der Waals surface area contributed by atoms with E-state index in [1.807, 2.05) is 0 Å². The third-order valence-electron chi connectivity index (χ3n) is 3.11. The highest BCUT2D eigenvalue weighted by atomic mass is 19.4. The fourth-order valence-corrected chi connectivity index (χ4v) is 2.07. The fraction of sp³-hybridized carbons (Fsp3) is 0.231. The molecule has 2 N–H and O–H groups in total. The zero-order valence-electron chi connectivity index (χ0n) is 11.8. The van der Waals surface area contributed by atoms with Crippen LogP contribution >= 0.6 is 0 Å². The van der Waals surface area contributed by atoms with E-state index in [0.29, 0.717) is 17.0 Å². The predicted molar refractivity (Wildman–Crippen MR) is 73.6 cm³/mol. The molecule has 0 bridgehead atoms. The van der Waals surface area contributed by atoms with E-state index in [0.717, 1.165) is 12.1 Å². The van der Waals surface area contributed by atoms with Gasteiger partial charge in [-0.1, -0.05) is 0 Å². The van der Waals surface area contributed by atoms with Crippen molar-refractivity contribution >= 4 is 23.2 Å². The number of nitro groups is 1. The topological polar surface area (TPSA) is 113 Å². The molecular formula is C13H10F3N3O5. The summed E-state index contributed by atoms with van der Waals surface area (Å²) in [5.41, 5.74) is -3.15. The molecule has 0 fully saturated rings. The number of hydrogen-bond donors (Lipinski definition) is 2. The van der Waals surface area contributed by atoms with Gasteiger partial charge in [0.15, 0.2) is 0 Å². The molecule has 0 unspecified atom stereocenters. The molecule has 1 aliphatic rings. The Morgan fingerprint density at radius 3 is 2.50 bits per heavy atom. The first-order valence-electron chi connectivity index (χ1n) is 6.46. The van der Waals surface area contributed by atoms with Gasteiger partial charge < -0.3 is 10.4 Å². The maximum absolute atomic E-state index is 12.9. The summed E-state index contributed by atoms with van der Waals surface area (Å²) >= 11 is 0. The first-order chi connectivity index (χ1) is 11.1. The Morgan fingerprint density at radius 2 is 1.96 bits per heavy atom. The molecule has 8 nitrogen and oxygen atoms in total. The highest BCUT2D eigenvalue weighted by Crippen LogP contribution is 2.37. The number of imide groups is 1. The lowest BCUT2D eigenvalue weighted by Gasteiger charge is -2.14. The Bertz CT molecular complexity index is 745. The maximum Gasteiger partial charge on any atom is 0.423 e. The molecule has 24 heavy (non-hydrogen) atoms. The molecule has 2 rings (SSSR count). The molecule has 0 aromatic heterocycles. The summed E-state index contributed by atoms with van der Waals surface area (Å²) in [5.74, 6) is -1.55. The summed E-state index contributed by atoms with van der Waals surface area (Å²) < 4.78 is 38.7. The van der Waals surface area contributed by atoms with Gasteiger partial charge in [0.05, 0.1) is 18.1 Å². The van der Waals surface area contributed by atoms with Crippen LogP contribution in [0.1, 0.15) is 5.56 Å². The van der Waals surface area contributed by atoms with Gasteiger partial charge in [-0.15, -0.1) is 0 Å². The third kappa shape index (κ3) is 3.35. The Hall–Kier alpha value is -2.95. The quantitative estimate of drug-likeness (QED) is 0.472. The van der Waals surface area contributed by atoms with Crippen LogP contribution in [0, 0.1) is 10.1 Å². The predicted octanol–water partition coefficient (Wildman–Crippen LogP) is 1.27. The molecule has 128 valence electrons. The molecule has 11 heteroatoms. The molecule has 0 saturated carbocycles. The summed E-state index contributed by atoms with van der Waals surface area (Å²) in [6.07, 6.45) is -4.10. The second kappa shape index (κ2) is 6.28. The van der Waals surface area contributed by atoms with E-state index < -0.39 is 40.8 Å². The summed E-state index contributed by atoms with van der Waals surface area (Å²) in [4.78, 5) is 33.7. The number of carbonyl (C=O) groups is 2. The lowest BCUT2D eigenvalue weighted by Crippen LogP contribution is -2.34. The minimum atomic E-state index is -4.97. The number of nitrogens with zero attached hydrogens (tertiary/aromatic N) is 2. The second-order valence-corrected chi connectivity index (χ2v) is 4.69. The van der Waals surface area contributed by atoms with Crippen LogP contribution in [-0.4, -0.2) is 39.9 Å². The van der Waals surface area contributed by atoms with Crippen LogP contribution in [0.2, 0.25) is 0 Å². The van der Waals surface area contributed by atoms with Crippen LogP contribution in [0.5, 0.6) is 0 Å². The normalized spacial score (nSPS) is 14.8. The number of alkyl halides is 3. The van der Waals surface area contributed by atoms with Gasteiger partial charge in [0.2, 0.25) is 0 Å². The van der Waals surface area contributed by atoms with Crippen LogP contribution in [0.3, 0.4) is 0 Å². The molecule has 0 atom stereocenters. The Kier molecular flexibility index (Phi) is 4.55. The summed E-state index contributed by atoms with van der Waals surface area (Å²) in [7, 11) is 0. The molecule has 2 amide bonds. The van der Waals surface area contributed by atoms with Gasteiger partial charge in [-0.3, -0.25) is 24.6 Å². The Labute approximate surface area is 132 Å². The highest BCUT2D eigenvalue weighted by Gasteiger charge is 2.39. The van der Waals surface area contributed by atoms with E-state index in [1.54, 1.807) is 0 Å². The lowest BCUT2D eigenvalue weighted by atomic mass is 10.1. The van der Waals surface area contributed by atoms with Crippen LogP contribution in [0.15, 0.2) is 30.0 Å². The minimum absolute atomic E-state index is 0.244. The number of rotatable bonds is 5. The number of aliphatic hydroxyl groups is 1.